The second-order valence-electron chi connectivity index (χ2n) is 4.31. The summed E-state index contributed by atoms with van der Waals surface area (Å²) in [6.45, 7) is 4.19. The zero-order valence-corrected chi connectivity index (χ0v) is 10.9. The van der Waals surface area contributed by atoms with E-state index in [-0.39, 0.29) is 5.56 Å². The number of carbonyl (C=O) groups is 1. The number of nitrogens with zero attached hydrogens (tertiary/aromatic N) is 1. The van der Waals surface area contributed by atoms with E-state index in [1.165, 1.54) is 12.3 Å². The SMILES string of the molecule is CC(C)CCS(=O)Cc1ccc(C(=O)O)cn1. The molecule has 0 aliphatic carbocycles. The van der Waals surface area contributed by atoms with Gasteiger partial charge in [0.15, 0.2) is 0 Å². The van der Waals surface area contributed by atoms with Crippen molar-refractivity contribution in [3.63, 3.8) is 0 Å². The normalized spacial score (nSPS) is 12.6. The van der Waals surface area contributed by atoms with E-state index in [9.17, 15) is 9.00 Å². The molecule has 1 heterocycles. The van der Waals surface area contributed by atoms with Gasteiger partial charge in [-0.3, -0.25) is 9.19 Å². The van der Waals surface area contributed by atoms with Crippen LogP contribution in [0.25, 0.3) is 0 Å². The Hall–Kier alpha value is -1.23. The molecule has 0 saturated carbocycles. The van der Waals surface area contributed by atoms with Gasteiger partial charge in [-0.05, 0) is 24.5 Å². The fourth-order valence-corrected chi connectivity index (χ4v) is 2.62. The van der Waals surface area contributed by atoms with E-state index in [4.69, 9.17) is 5.11 Å². The molecular formula is C12H17NO3S. The number of carboxylic acids is 1. The van der Waals surface area contributed by atoms with Crippen molar-refractivity contribution in [2.75, 3.05) is 5.75 Å². The van der Waals surface area contributed by atoms with Crippen LogP contribution in [0.3, 0.4) is 0 Å². The van der Waals surface area contributed by atoms with E-state index in [2.05, 4.69) is 18.8 Å². The van der Waals surface area contributed by atoms with Crippen LogP contribution in [0.15, 0.2) is 18.3 Å². The van der Waals surface area contributed by atoms with Gasteiger partial charge >= 0.3 is 5.97 Å². The molecule has 0 bridgehead atoms. The van der Waals surface area contributed by atoms with Gasteiger partial charge in [-0.1, -0.05) is 13.8 Å². The molecule has 1 aromatic heterocycles. The molecule has 4 nitrogen and oxygen atoms in total. The van der Waals surface area contributed by atoms with E-state index in [1.54, 1.807) is 6.07 Å². The van der Waals surface area contributed by atoms with Crippen molar-refractivity contribution < 1.29 is 14.1 Å². The highest BCUT2D eigenvalue weighted by Crippen LogP contribution is 2.06. The van der Waals surface area contributed by atoms with Crippen molar-refractivity contribution in [3.05, 3.63) is 29.6 Å². The van der Waals surface area contributed by atoms with Crippen molar-refractivity contribution in [1.29, 1.82) is 0 Å². The van der Waals surface area contributed by atoms with Crippen LogP contribution in [0.5, 0.6) is 0 Å². The highest BCUT2D eigenvalue weighted by Gasteiger charge is 2.06. The maximum absolute atomic E-state index is 11.7. The minimum absolute atomic E-state index is 0.154. The predicted octanol–water partition coefficient (Wildman–Crippen LogP) is 2.07. The first kappa shape index (κ1) is 13.8. The summed E-state index contributed by atoms with van der Waals surface area (Å²) in [5, 5.41) is 8.70. The molecule has 0 radical (unpaired) electrons. The number of carboxylic acid groups (broad SMARTS) is 1. The molecule has 17 heavy (non-hydrogen) atoms. The Kier molecular flexibility index (Phi) is 5.28. The highest BCUT2D eigenvalue weighted by atomic mass is 32.2. The van der Waals surface area contributed by atoms with Gasteiger partial charge in [0, 0.05) is 22.7 Å². The van der Waals surface area contributed by atoms with Crippen LogP contribution < -0.4 is 0 Å². The molecule has 5 heteroatoms. The summed E-state index contributed by atoms with van der Waals surface area (Å²) in [7, 11) is -0.919. The molecule has 0 aromatic carbocycles. The lowest BCUT2D eigenvalue weighted by Crippen LogP contribution is -2.06. The van der Waals surface area contributed by atoms with E-state index in [1.807, 2.05) is 0 Å². The van der Waals surface area contributed by atoms with Crippen LogP contribution in [0.1, 0.15) is 36.3 Å². The molecule has 94 valence electrons. The lowest BCUT2D eigenvalue weighted by atomic mass is 10.2. The Labute approximate surface area is 104 Å². The van der Waals surface area contributed by atoms with Gasteiger partial charge in [-0.15, -0.1) is 0 Å². The Morgan fingerprint density at radius 1 is 1.47 bits per heavy atom. The maximum atomic E-state index is 11.7. The fourth-order valence-electron chi connectivity index (χ4n) is 1.24. The van der Waals surface area contributed by atoms with Crippen LogP contribution in [-0.4, -0.2) is 26.0 Å². The monoisotopic (exact) mass is 255 g/mol. The molecule has 0 fully saturated rings. The van der Waals surface area contributed by atoms with Crippen LogP contribution in [0, 0.1) is 5.92 Å². The topological polar surface area (TPSA) is 67.3 Å². The molecule has 0 aliphatic heterocycles. The summed E-state index contributed by atoms with van der Waals surface area (Å²) in [5.41, 5.74) is 0.832. The third-order valence-electron chi connectivity index (χ3n) is 2.30. The first-order valence-electron chi connectivity index (χ1n) is 5.52. The molecule has 0 spiro atoms. The number of hydrogen-bond donors (Lipinski definition) is 1. The van der Waals surface area contributed by atoms with Crippen molar-refractivity contribution in [3.8, 4) is 0 Å². The van der Waals surface area contributed by atoms with E-state index in [0.29, 0.717) is 23.1 Å². The van der Waals surface area contributed by atoms with E-state index >= 15 is 0 Å². The second-order valence-corrected chi connectivity index (χ2v) is 5.89. The summed E-state index contributed by atoms with van der Waals surface area (Å²) in [5.74, 6) is 0.610. The van der Waals surface area contributed by atoms with Crippen molar-refractivity contribution in [2.45, 2.75) is 26.0 Å². The predicted molar refractivity (Wildman–Crippen MR) is 67.4 cm³/mol. The molecule has 0 saturated heterocycles. The smallest absolute Gasteiger partial charge is 0.337 e. The number of hydrogen-bond acceptors (Lipinski definition) is 3. The molecule has 0 aliphatic rings. The third kappa shape index (κ3) is 5.08. The molecule has 0 amide bonds. The molecule has 1 aromatic rings. The van der Waals surface area contributed by atoms with Gasteiger partial charge in [0.2, 0.25) is 0 Å². The third-order valence-corrected chi connectivity index (χ3v) is 3.61. The van der Waals surface area contributed by atoms with Gasteiger partial charge in [0.1, 0.15) is 0 Å². The second kappa shape index (κ2) is 6.49. The summed E-state index contributed by atoms with van der Waals surface area (Å²) < 4.78 is 11.7. The summed E-state index contributed by atoms with van der Waals surface area (Å²) in [6.07, 6.45) is 2.23. The average Bonchev–Trinajstić information content (AvgIpc) is 2.27. The van der Waals surface area contributed by atoms with Crippen molar-refractivity contribution >= 4 is 16.8 Å². The minimum Gasteiger partial charge on any atom is -0.478 e. The van der Waals surface area contributed by atoms with E-state index < -0.39 is 16.8 Å². The Morgan fingerprint density at radius 3 is 2.65 bits per heavy atom. The Balaban J connectivity index is 2.51. The molecule has 1 rings (SSSR count). The van der Waals surface area contributed by atoms with Gasteiger partial charge in [-0.2, -0.15) is 0 Å². The number of aromatic carboxylic acids is 1. The lowest BCUT2D eigenvalue weighted by Gasteiger charge is -2.04. The quantitative estimate of drug-likeness (QED) is 0.845. The molecule has 1 unspecified atom stereocenters. The zero-order valence-electron chi connectivity index (χ0n) is 10.0. The first-order chi connectivity index (χ1) is 7.99. The van der Waals surface area contributed by atoms with Crippen LogP contribution in [-0.2, 0) is 16.6 Å². The average molecular weight is 255 g/mol. The van der Waals surface area contributed by atoms with Crippen molar-refractivity contribution in [2.24, 2.45) is 5.92 Å². The lowest BCUT2D eigenvalue weighted by molar-refractivity contribution is 0.0696. The van der Waals surface area contributed by atoms with Gasteiger partial charge < -0.3 is 5.11 Å². The molecule has 1 atom stereocenters. The standard InChI is InChI=1S/C12H17NO3S/c1-9(2)5-6-17(16)8-11-4-3-10(7-13-11)12(14)15/h3-4,7,9H,5-6,8H2,1-2H3,(H,14,15). The van der Waals surface area contributed by atoms with Gasteiger partial charge in [0.05, 0.1) is 17.0 Å². The largest absolute Gasteiger partial charge is 0.478 e. The van der Waals surface area contributed by atoms with Crippen LogP contribution in [0.2, 0.25) is 0 Å². The van der Waals surface area contributed by atoms with Crippen molar-refractivity contribution in [1.82, 2.24) is 4.98 Å². The molecular weight excluding hydrogens is 238 g/mol. The van der Waals surface area contributed by atoms with Gasteiger partial charge in [0.25, 0.3) is 0 Å². The number of aromatic nitrogens is 1. The first-order valence-corrected chi connectivity index (χ1v) is 7.01. The zero-order chi connectivity index (χ0) is 12.8. The molecule has 1 N–H and O–H groups in total. The minimum atomic E-state index is -0.995. The number of rotatable bonds is 6. The van der Waals surface area contributed by atoms with Crippen LogP contribution in [0.4, 0.5) is 0 Å². The Bertz CT molecular complexity index is 401. The number of pyridine rings is 1. The van der Waals surface area contributed by atoms with E-state index in [0.717, 1.165) is 6.42 Å². The Morgan fingerprint density at radius 2 is 2.18 bits per heavy atom. The summed E-state index contributed by atoms with van der Waals surface area (Å²) >= 11 is 0. The summed E-state index contributed by atoms with van der Waals surface area (Å²) in [6, 6.07) is 3.11. The van der Waals surface area contributed by atoms with Crippen LogP contribution >= 0.6 is 0 Å². The summed E-state index contributed by atoms with van der Waals surface area (Å²) in [4.78, 5) is 14.6. The fraction of sp³-hybridized carbons (Fsp3) is 0.500. The maximum Gasteiger partial charge on any atom is 0.337 e. The van der Waals surface area contributed by atoms with Gasteiger partial charge in [-0.25, -0.2) is 4.79 Å². The highest BCUT2D eigenvalue weighted by molar-refractivity contribution is 7.84.